The second-order valence-electron chi connectivity index (χ2n) is 5.07. The van der Waals surface area contributed by atoms with Crippen LogP contribution in [0.15, 0.2) is 24.3 Å². The second-order valence-corrected chi connectivity index (χ2v) is 6.74. The quantitative estimate of drug-likeness (QED) is 0.814. The summed E-state index contributed by atoms with van der Waals surface area (Å²) in [6, 6.07) is 6.70. The number of carbonyl (C=O) groups excluding carboxylic acids is 2. The van der Waals surface area contributed by atoms with Gasteiger partial charge in [-0.2, -0.15) is 11.8 Å². The van der Waals surface area contributed by atoms with E-state index >= 15 is 0 Å². The Morgan fingerprint density at radius 1 is 1.25 bits per heavy atom. The summed E-state index contributed by atoms with van der Waals surface area (Å²) in [5.74, 6) is 1.92. The minimum Gasteiger partial charge on any atom is -0.323 e. The van der Waals surface area contributed by atoms with Crippen molar-refractivity contribution in [1.29, 1.82) is 0 Å². The molecular weight excluding hydrogens is 296 g/mol. The van der Waals surface area contributed by atoms with Gasteiger partial charge in [0.15, 0.2) is 6.04 Å². The van der Waals surface area contributed by atoms with Crippen LogP contribution in [0.5, 0.6) is 0 Å². The van der Waals surface area contributed by atoms with Gasteiger partial charge in [-0.25, -0.2) is 4.90 Å². The molecule has 0 aromatic heterocycles. The molecule has 1 aromatic carbocycles. The molecule has 2 amide bonds. The minimum absolute atomic E-state index is 0.0841. The lowest BCUT2D eigenvalue weighted by atomic mass is 10.2. The molecule has 0 spiro atoms. The lowest BCUT2D eigenvalue weighted by Crippen LogP contribution is -3.18. The fourth-order valence-corrected chi connectivity index (χ4v) is 4.02. The number of thioether (sulfide) groups is 1. The zero-order valence-electron chi connectivity index (χ0n) is 11.0. The van der Waals surface area contributed by atoms with Crippen molar-refractivity contribution in [1.82, 2.24) is 0 Å². The number of amides is 2. The van der Waals surface area contributed by atoms with Crippen LogP contribution in [-0.2, 0) is 9.59 Å². The fourth-order valence-electron chi connectivity index (χ4n) is 2.82. The van der Waals surface area contributed by atoms with E-state index in [1.165, 1.54) is 9.80 Å². The Labute approximate surface area is 127 Å². The van der Waals surface area contributed by atoms with Crippen molar-refractivity contribution in [2.75, 3.05) is 29.5 Å². The number of nitrogens with one attached hydrogen (secondary N) is 1. The van der Waals surface area contributed by atoms with Crippen LogP contribution in [-0.4, -0.2) is 42.5 Å². The molecule has 2 aliphatic heterocycles. The highest BCUT2D eigenvalue weighted by molar-refractivity contribution is 7.99. The number of imide groups is 1. The van der Waals surface area contributed by atoms with Gasteiger partial charge >= 0.3 is 0 Å². The number of nitrogens with zero attached hydrogens (tertiary/aromatic N) is 1. The zero-order valence-corrected chi connectivity index (χ0v) is 12.5. The average molecular weight is 312 g/mol. The Balaban J connectivity index is 1.83. The lowest BCUT2D eigenvalue weighted by Gasteiger charge is -2.27. The molecule has 106 valence electrons. The molecule has 0 aliphatic carbocycles. The predicted molar refractivity (Wildman–Crippen MR) is 80.4 cm³/mol. The van der Waals surface area contributed by atoms with Crippen molar-refractivity contribution < 1.29 is 14.5 Å². The van der Waals surface area contributed by atoms with Crippen LogP contribution in [0.2, 0.25) is 5.02 Å². The van der Waals surface area contributed by atoms with E-state index in [2.05, 4.69) is 0 Å². The van der Waals surface area contributed by atoms with Crippen molar-refractivity contribution in [2.45, 2.75) is 12.5 Å². The van der Waals surface area contributed by atoms with Gasteiger partial charge in [-0.15, -0.1) is 0 Å². The number of rotatable bonds is 2. The number of benzene rings is 1. The maximum absolute atomic E-state index is 12.6. The third-order valence-electron chi connectivity index (χ3n) is 3.84. The second kappa shape index (κ2) is 5.76. The largest absolute Gasteiger partial charge is 0.323 e. The van der Waals surface area contributed by atoms with E-state index in [-0.39, 0.29) is 17.9 Å². The molecule has 0 bridgehead atoms. The maximum atomic E-state index is 12.6. The smallest absolute Gasteiger partial charge is 0.292 e. The van der Waals surface area contributed by atoms with Crippen LogP contribution >= 0.6 is 23.4 Å². The number of hydrogen-bond donors (Lipinski definition) is 1. The molecule has 6 heteroatoms. The zero-order chi connectivity index (χ0) is 14.1. The Kier molecular flexibility index (Phi) is 4.01. The first-order chi connectivity index (χ1) is 9.66. The molecule has 0 radical (unpaired) electrons. The highest BCUT2D eigenvalue weighted by Crippen LogP contribution is 2.24. The number of hydrogen-bond acceptors (Lipinski definition) is 3. The van der Waals surface area contributed by atoms with E-state index in [1.807, 2.05) is 11.8 Å². The fraction of sp³-hybridized carbons (Fsp3) is 0.429. The van der Waals surface area contributed by atoms with E-state index in [0.717, 1.165) is 24.6 Å². The lowest BCUT2D eigenvalue weighted by molar-refractivity contribution is -0.911. The molecule has 2 aliphatic rings. The Hall–Kier alpha value is -1.04. The van der Waals surface area contributed by atoms with Crippen LogP contribution in [0, 0.1) is 0 Å². The van der Waals surface area contributed by atoms with Gasteiger partial charge in [0, 0.05) is 16.5 Å². The number of halogens is 1. The summed E-state index contributed by atoms with van der Waals surface area (Å²) in [6.07, 6.45) is 0.311. The van der Waals surface area contributed by atoms with E-state index in [1.54, 1.807) is 24.3 Å². The molecule has 2 saturated heterocycles. The summed E-state index contributed by atoms with van der Waals surface area (Å²) in [5.41, 5.74) is 0.584. The minimum atomic E-state index is -0.220. The summed E-state index contributed by atoms with van der Waals surface area (Å²) in [7, 11) is 0. The third-order valence-corrected chi connectivity index (χ3v) is 5.06. The highest BCUT2D eigenvalue weighted by atomic mass is 35.5. The van der Waals surface area contributed by atoms with Crippen molar-refractivity contribution in [3.05, 3.63) is 29.3 Å². The van der Waals surface area contributed by atoms with Crippen LogP contribution in [0.1, 0.15) is 6.42 Å². The van der Waals surface area contributed by atoms with Gasteiger partial charge in [0.05, 0.1) is 25.2 Å². The third kappa shape index (κ3) is 2.57. The monoisotopic (exact) mass is 311 g/mol. The van der Waals surface area contributed by atoms with E-state index in [4.69, 9.17) is 11.6 Å². The normalized spacial score (nSPS) is 24.4. The molecule has 20 heavy (non-hydrogen) atoms. The Morgan fingerprint density at radius 3 is 2.70 bits per heavy atom. The molecular formula is C14H16ClN2O2S+. The van der Waals surface area contributed by atoms with Gasteiger partial charge in [-0.3, -0.25) is 9.59 Å². The molecule has 1 aromatic rings. The standard InChI is InChI=1S/C14H15ClN2O2S/c15-10-2-1-3-11(8-10)17-13(18)9-12(14(17)19)16-4-6-20-7-5-16/h1-3,8,12H,4-7,9H2/p+1. The molecule has 2 fully saturated rings. The summed E-state index contributed by atoms with van der Waals surface area (Å²) < 4.78 is 0. The predicted octanol–water partition coefficient (Wildman–Crippen LogP) is 0.604. The van der Waals surface area contributed by atoms with E-state index in [0.29, 0.717) is 17.1 Å². The van der Waals surface area contributed by atoms with Gasteiger partial charge in [0.25, 0.3) is 5.91 Å². The Bertz CT molecular complexity index is 546. The molecule has 0 saturated carbocycles. The van der Waals surface area contributed by atoms with Crippen LogP contribution < -0.4 is 9.80 Å². The molecule has 1 unspecified atom stereocenters. The Morgan fingerprint density at radius 2 is 2.00 bits per heavy atom. The average Bonchev–Trinajstić information content (AvgIpc) is 2.75. The maximum Gasteiger partial charge on any atom is 0.292 e. The number of carbonyl (C=O) groups is 2. The van der Waals surface area contributed by atoms with Crippen molar-refractivity contribution >= 4 is 40.9 Å². The van der Waals surface area contributed by atoms with Crippen molar-refractivity contribution in [2.24, 2.45) is 0 Å². The number of anilines is 1. The molecule has 1 N–H and O–H groups in total. The van der Waals surface area contributed by atoms with E-state index in [9.17, 15) is 9.59 Å². The summed E-state index contributed by atoms with van der Waals surface area (Å²) in [6.45, 7) is 1.91. The molecule has 4 nitrogen and oxygen atoms in total. The first-order valence-electron chi connectivity index (χ1n) is 6.71. The number of quaternary nitrogens is 1. The van der Waals surface area contributed by atoms with E-state index < -0.39 is 0 Å². The molecule has 2 heterocycles. The van der Waals surface area contributed by atoms with Crippen molar-refractivity contribution in [3.8, 4) is 0 Å². The van der Waals surface area contributed by atoms with Gasteiger partial charge in [0.1, 0.15) is 0 Å². The molecule has 3 rings (SSSR count). The molecule has 1 atom stereocenters. The summed E-state index contributed by atoms with van der Waals surface area (Å²) in [4.78, 5) is 27.3. The first-order valence-corrected chi connectivity index (χ1v) is 8.25. The summed E-state index contributed by atoms with van der Waals surface area (Å²) >= 11 is 7.86. The summed E-state index contributed by atoms with van der Waals surface area (Å²) in [5, 5.41) is 0.535. The van der Waals surface area contributed by atoms with Gasteiger partial charge < -0.3 is 4.90 Å². The first kappa shape index (κ1) is 13.9. The topological polar surface area (TPSA) is 41.8 Å². The van der Waals surface area contributed by atoms with Crippen LogP contribution in [0.3, 0.4) is 0 Å². The van der Waals surface area contributed by atoms with Crippen molar-refractivity contribution in [3.63, 3.8) is 0 Å². The van der Waals surface area contributed by atoms with Gasteiger partial charge in [-0.05, 0) is 18.2 Å². The SMILES string of the molecule is O=C1CC([NH+]2CCSCC2)C(=O)N1c1cccc(Cl)c1. The highest BCUT2D eigenvalue weighted by Gasteiger charge is 2.45. The van der Waals surface area contributed by atoms with Gasteiger partial charge in [0.2, 0.25) is 5.91 Å². The van der Waals surface area contributed by atoms with Crippen LogP contribution in [0.4, 0.5) is 5.69 Å². The van der Waals surface area contributed by atoms with Gasteiger partial charge in [-0.1, -0.05) is 17.7 Å². The van der Waals surface area contributed by atoms with Crippen LogP contribution in [0.25, 0.3) is 0 Å².